The highest BCUT2D eigenvalue weighted by atomic mass is 14.7. The van der Waals surface area contributed by atoms with Gasteiger partial charge in [-0.15, -0.1) is 0 Å². The van der Waals surface area contributed by atoms with Crippen LogP contribution in [0.25, 0.3) is 10.9 Å². The molecule has 1 fully saturated rings. The maximum Gasteiger partial charge on any atom is 0.0702 e. The summed E-state index contributed by atoms with van der Waals surface area (Å²) in [5, 5.41) is 1.22. The summed E-state index contributed by atoms with van der Waals surface area (Å²) >= 11 is 0. The van der Waals surface area contributed by atoms with Crippen molar-refractivity contribution in [3.63, 3.8) is 0 Å². The summed E-state index contributed by atoms with van der Waals surface area (Å²) in [6, 6.07) is 11.0. The van der Waals surface area contributed by atoms with Gasteiger partial charge in [0.2, 0.25) is 0 Å². The molecular weight excluding hydrogens is 208 g/mol. The summed E-state index contributed by atoms with van der Waals surface area (Å²) in [5.41, 5.74) is 8.70. The largest absolute Gasteiger partial charge is 0.327 e. The number of aromatic nitrogens is 1. The zero-order valence-electron chi connectivity index (χ0n) is 9.97. The molecular formula is C15H18N2. The average Bonchev–Trinajstić information content (AvgIpc) is 2.39. The fraction of sp³-hybridized carbons (Fsp3) is 0.400. The maximum atomic E-state index is 6.24. The number of nitrogens with zero attached hydrogens (tertiary/aromatic N) is 1. The van der Waals surface area contributed by atoms with Crippen LogP contribution in [0.1, 0.15) is 37.2 Å². The molecule has 1 aromatic carbocycles. The molecule has 2 N–H and O–H groups in total. The molecule has 3 rings (SSSR count). The van der Waals surface area contributed by atoms with Gasteiger partial charge in [0.1, 0.15) is 0 Å². The van der Waals surface area contributed by atoms with Gasteiger partial charge in [-0.3, -0.25) is 4.98 Å². The molecule has 1 aromatic heterocycles. The van der Waals surface area contributed by atoms with Crippen LogP contribution in [0, 0.1) is 0 Å². The number of benzene rings is 1. The Morgan fingerprint density at radius 2 is 2.00 bits per heavy atom. The van der Waals surface area contributed by atoms with Crippen LogP contribution in [0.5, 0.6) is 0 Å². The number of hydrogen-bond acceptors (Lipinski definition) is 2. The Hall–Kier alpha value is -1.41. The van der Waals surface area contributed by atoms with E-state index in [1.807, 2.05) is 12.3 Å². The third-order valence-electron chi connectivity index (χ3n) is 3.87. The van der Waals surface area contributed by atoms with Crippen molar-refractivity contribution in [2.75, 3.05) is 0 Å². The van der Waals surface area contributed by atoms with Gasteiger partial charge in [-0.2, -0.15) is 0 Å². The summed E-state index contributed by atoms with van der Waals surface area (Å²) in [6.07, 6.45) is 6.83. The first-order valence-corrected chi connectivity index (χ1v) is 6.45. The van der Waals surface area contributed by atoms with Gasteiger partial charge in [-0.1, -0.05) is 25.0 Å². The van der Waals surface area contributed by atoms with E-state index in [9.17, 15) is 0 Å². The molecule has 2 atom stereocenters. The molecule has 1 aliphatic carbocycles. The van der Waals surface area contributed by atoms with Crippen molar-refractivity contribution in [2.24, 2.45) is 5.73 Å². The van der Waals surface area contributed by atoms with Gasteiger partial charge in [0, 0.05) is 17.6 Å². The van der Waals surface area contributed by atoms with E-state index >= 15 is 0 Å². The van der Waals surface area contributed by atoms with Gasteiger partial charge in [-0.25, -0.2) is 0 Å². The lowest BCUT2D eigenvalue weighted by atomic mass is 9.80. The molecule has 2 nitrogen and oxygen atoms in total. The Morgan fingerprint density at radius 1 is 1.12 bits per heavy atom. The monoisotopic (exact) mass is 226 g/mol. The normalized spacial score (nSPS) is 25.0. The first kappa shape index (κ1) is 10.7. The van der Waals surface area contributed by atoms with Crippen molar-refractivity contribution in [3.05, 3.63) is 42.1 Å². The quantitative estimate of drug-likeness (QED) is 0.811. The van der Waals surface area contributed by atoms with E-state index in [1.54, 1.807) is 0 Å². The van der Waals surface area contributed by atoms with Gasteiger partial charge in [0.15, 0.2) is 0 Å². The zero-order chi connectivity index (χ0) is 11.7. The van der Waals surface area contributed by atoms with E-state index in [4.69, 9.17) is 5.73 Å². The molecule has 1 saturated carbocycles. The highest BCUT2D eigenvalue weighted by Crippen LogP contribution is 2.32. The molecule has 0 bridgehead atoms. The van der Waals surface area contributed by atoms with Crippen molar-refractivity contribution in [1.29, 1.82) is 0 Å². The van der Waals surface area contributed by atoms with Crippen LogP contribution in [0.2, 0.25) is 0 Å². The lowest BCUT2D eigenvalue weighted by Crippen LogP contribution is -2.31. The highest BCUT2D eigenvalue weighted by molar-refractivity contribution is 5.79. The van der Waals surface area contributed by atoms with Crippen LogP contribution in [-0.2, 0) is 0 Å². The van der Waals surface area contributed by atoms with E-state index in [1.165, 1.54) is 30.2 Å². The Balaban J connectivity index is 1.99. The summed E-state index contributed by atoms with van der Waals surface area (Å²) in [4.78, 5) is 4.36. The average molecular weight is 226 g/mol. The Labute approximate surface area is 102 Å². The Bertz CT molecular complexity index is 521. The van der Waals surface area contributed by atoms with E-state index < -0.39 is 0 Å². The van der Waals surface area contributed by atoms with Gasteiger partial charge in [0.05, 0.1) is 5.52 Å². The zero-order valence-corrected chi connectivity index (χ0v) is 9.97. The van der Waals surface area contributed by atoms with Crippen molar-refractivity contribution in [3.8, 4) is 0 Å². The molecule has 1 heterocycles. The maximum absolute atomic E-state index is 6.24. The van der Waals surface area contributed by atoms with Gasteiger partial charge in [-0.05, 0) is 42.5 Å². The number of fused-ring (bicyclic) bond motifs is 1. The fourth-order valence-corrected chi connectivity index (χ4v) is 2.90. The fourth-order valence-electron chi connectivity index (χ4n) is 2.90. The van der Waals surface area contributed by atoms with Gasteiger partial charge < -0.3 is 5.73 Å². The Kier molecular flexibility index (Phi) is 2.81. The minimum atomic E-state index is 0.331. The second kappa shape index (κ2) is 4.46. The first-order valence-electron chi connectivity index (χ1n) is 6.45. The third-order valence-corrected chi connectivity index (χ3v) is 3.87. The Morgan fingerprint density at radius 3 is 2.88 bits per heavy atom. The van der Waals surface area contributed by atoms with E-state index in [-0.39, 0.29) is 0 Å². The predicted molar refractivity (Wildman–Crippen MR) is 70.9 cm³/mol. The SMILES string of the molecule is NC1CCCCC1c1ccc2ncccc2c1. The molecule has 2 heteroatoms. The smallest absolute Gasteiger partial charge is 0.0702 e. The molecule has 1 aliphatic rings. The van der Waals surface area contributed by atoms with Crippen molar-refractivity contribution in [2.45, 2.75) is 37.6 Å². The van der Waals surface area contributed by atoms with E-state index in [2.05, 4.69) is 29.2 Å². The number of nitrogens with two attached hydrogens (primary N) is 1. The molecule has 0 radical (unpaired) electrons. The molecule has 0 aliphatic heterocycles. The second-order valence-electron chi connectivity index (χ2n) is 5.01. The van der Waals surface area contributed by atoms with E-state index in [0.29, 0.717) is 12.0 Å². The van der Waals surface area contributed by atoms with Crippen LogP contribution in [0.4, 0.5) is 0 Å². The molecule has 2 aromatic rings. The molecule has 2 unspecified atom stereocenters. The standard InChI is InChI=1S/C15H18N2/c16-14-6-2-1-5-13(14)11-7-8-15-12(10-11)4-3-9-17-15/h3-4,7-10,13-14H,1-2,5-6,16H2. The van der Waals surface area contributed by atoms with Crippen LogP contribution in [0.15, 0.2) is 36.5 Å². The van der Waals surface area contributed by atoms with Crippen molar-refractivity contribution in [1.82, 2.24) is 4.98 Å². The summed E-state index contributed by atoms with van der Waals surface area (Å²) < 4.78 is 0. The summed E-state index contributed by atoms with van der Waals surface area (Å²) in [7, 11) is 0. The van der Waals surface area contributed by atoms with Crippen LogP contribution in [0.3, 0.4) is 0 Å². The molecule has 0 amide bonds. The lowest BCUT2D eigenvalue weighted by Gasteiger charge is -2.29. The van der Waals surface area contributed by atoms with Crippen molar-refractivity contribution < 1.29 is 0 Å². The van der Waals surface area contributed by atoms with E-state index in [0.717, 1.165) is 11.9 Å². The third kappa shape index (κ3) is 2.05. The van der Waals surface area contributed by atoms with Crippen molar-refractivity contribution >= 4 is 10.9 Å². The first-order chi connectivity index (χ1) is 8.34. The van der Waals surface area contributed by atoms with Gasteiger partial charge in [0.25, 0.3) is 0 Å². The minimum Gasteiger partial charge on any atom is -0.327 e. The van der Waals surface area contributed by atoms with Crippen LogP contribution < -0.4 is 5.73 Å². The van der Waals surface area contributed by atoms with Crippen LogP contribution >= 0.6 is 0 Å². The predicted octanol–water partition coefficient (Wildman–Crippen LogP) is 3.22. The second-order valence-corrected chi connectivity index (χ2v) is 5.01. The molecule has 88 valence electrons. The molecule has 0 spiro atoms. The van der Waals surface area contributed by atoms with Gasteiger partial charge >= 0.3 is 0 Å². The number of pyridine rings is 1. The summed E-state index contributed by atoms with van der Waals surface area (Å²) in [6.45, 7) is 0. The van der Waals surface area contributed by atoms with Crippen LogP contribution in [-0.4, -0.2) is 11.0 Å². The minimum absolute atomic E-state index is 0.331. The highest BCUT2D eigenvalue weighted by Gasteiger charge is 2.23. The molecule has 17 heavy (non-hydrogen) atoms. The lowest BCUT2D eigenvalue weighted by molar-refractivity contribution is 0.385. The molecule has 0 saturated heterocycles. The number of hydrogen-bond donors (Lipinski definition) is 1. The summed E-state index contributed by atoms with van der Waals surface area (Å²) in [5.74, 6) is 0.536. The number of rotatable bonds is 1. The topological polar surface area (TPSA) is 38.9 Å².